The SMILES string of the molecule is C=C/C(=C\C=C/C)C1(c2ccccc2)CCCCC1. The Bertz CT molecular complexity index is 456. The Hall–Kier alpha value is -1.56. The van der Waals surface area contributed by atoms with E-state index in [4.69, 9.17) is 0 Å². The van der Waals surface area contributed by atoms with E-state index in [-0.39, 0.29) is 5.41 Å². The molecule has 1 fully saturated rings. The van der Waals surface area contributed by atoms with Gasteiger partial charge < -0.3 is 0 Å². The molecular formula is C19H24. The zero-order valence-corrected chi connectivity index (χ0v) is 11.9. The van der Waals surface area contributed by atoms with Crippen molar-refractivity contribution in [3.63, 3.8) is 0 Å². The van der Waals surface area contributed by atoms with Crippen LogP contribution in [0.25, 0.3) is 0 Å². The second-order valence-electron chi connectivity index (χ2n) is 5.36. The molecule has 0 saturated heterocycles. The lowest BCUT2D eigenvalue weighted by Gasteiger charge is -2.39. The fraction of sp³-hybridized carbons (Fsp3) is 0.368. The Kier molecular flexibility index (Phi) is 4.79. The lowest BCUT2D eigenvalue weighted by Crippen LogP contribution is -2.30. The Morgan fingerprint density at radius 2 is 1.79 bits per heavy atom. The number of hydrogen-bond donors (Lipinski definition) is 0. The van der Waals surface area contributed by atoms with Crippen LogP contribution in [0.4, 0.5) is 0 Å². The van der Waals surface area contributed by atoms with E-state index in [9.17, 15) is 0 Å². The summed E-state index contributed by atoms with van der Waals surface area (Å²) in [4.78, 5) is 0. The predicted octanol–water partition coefficient (Wildman–Crippen LogP) is 5.58. The van der Waals surface area contributed by atoms with Gasteiger partial charge in [-0.3, -0.25) is 0 Å². The number of rotatable bonds is 4. The molecule has 0 aromatic heterocycles. The summed E-state index contributed by atoms with van der Waals surface area (Å²) in [6.45, 7) is 6.12. The molecule has 0 heterocycles. The van der Waals surface area contributed by atoms with Crippen molar-refractivity contribution >= 4 is 0 Å². The first kappa shape index (κ1) is 13.9. The predicted molar refractivity (Wildman–Crippen MR) is 84.3 cm³/mol. The smallest absolute Gasteiger partial charge is 0.0202 e. The van der Waals surface area contributed by atoms with Gasteiger partial charge in [0.25, 0.3) is 0 Å². The Labute approximate surface area is 117 Å². The van der Waals surface area contributed by atoms with E-state index in [1.807, 2.05) is 0 Å². The standard InChI is InChI=1S/C19H24/c1-3-5-12-17(4-2)19(15-10-7-11-16-19)18-13-8-6-9-14-18/h3-6,8-9,12-14H,2,7,10-11,15-16H2,1H3/b5-3-,17-12+. The van der Waals surface area contributed by atoms with Crippen LogP contribution in [0.2, 0.25) is 0 Å². The summed E-state index contributed by atoms with van der Waals surface area (Å²) in [6, 6.07) is 11.0. The van der Waals surface area contributed by atoms with Crippen LogP contribution in [0.1, 0.15) is 44.6 Å². The van der Waals surface area contributed by atoms with E-state index in [0.717, 1.165) is 0 Å². The van der Waals surface area contributed by atoms with Crippen molar-refractivity contribution in [3.05, 3.63) is 72.4 Å². The first-order chi connectivity index (χ1) is 9.33. The molecule has 1 aromatic rings. The summed E-state index contributed by atoms with van der Waals surface area (Å²) in [5.41, 5.74) is 3.00. The summed E-state index contributed by atoms with van der Waals surface area (Å²) in [6.07, 6.45) is 15.0. The molecule has 0 heteroatoms. The van der Waals surface area contributed by atoms with Crippen LogP contribution in [-0.4, -0.2) is 0 Å². The molecule has 19 heavy (non-hydrogen) atoms. The maximum absolute atomic E-state index is 4.06. The Morgan fingerprint density at radius 1 is 1.11 bits per heavy atom. The zero-order valence-electron chi connectivity index (χ0n) is 11.9. The Balaban J connectivity index is 2.48. The number of hydrogen-bond acceptors (Lipinski definition) is 0. The maximum Gasteiger partial charge on any atom is 0.0202 e. The fourth-order valence-electron chi connectivity index (χ4n) is 3.28. The third kappa shape index (κ3) is 2.89. The highest BCUT2D eigenvalue weighted by molar-refractivity contribution is 5.43. The van der Waals surface area contributed by atoms with Gasteiger partial charge in [-0.15, -0.1) is 0 Å². The van der Waals surface area contributed by atoms with Crippen molar-refractivity contribution in [3.8, 4) is 0 Å². The quantitative estimate of drug-likeness (QED) is 0.614. The normalized spacial score (nSPS) is 19.5. The monoisotopic (exact) mass is 252 g/mol. The van der Waals surface area contributed by atoms with Crippen LogP contribution in [0.3, 0.4) is 0 Å². The van der Waals surface area contributed by atoms with Gasteiger partial charge >= 0.3 is 0 Å². The molecule has 0 bridgehead atoms. The summed E-state index contributed by atoms with van der Waals surface area (Å²) in [5.74, 6) is 0. The van der Waals surface area contributed by atoms with Gasteiger partial charge in [0, 0.05) is 5.41 Å². The van der Waals surface area contributed by atoms with Gasteiger partial charge in [0.1, 0.15) is 0 Å². The van der Waals surface area contributed by atoms with E-state index < -0.39 is 0 Å². The van der Waals surface area contributed by atoms with Crippen LogP contribution < -0.4 is 0 Å². The van der Waals surface area contributed by atoms with E-state index in [1.54, 1.807) is 0 Å². The number of benzene rings is 1. The number of allylic oxidation sites excluding steroid dienone is 5. The third-order valence-corrected chi connectivity index (χ3v) is 4.27. The highest BCUT2D eigenvalue weighted by Crippen LogP contribution is 2.45. The zero-order chi connectivity index (χ0) is 13.6. The molecule has 0 N–H and O–H groups in total. The van der Waals surface area contributed by atoms with Crippen molar-refractivity contribution in [1.29, 1.82) is 0 Å². The van der Waals surface area contributed by atoms with Crippen LogP contribution in [0.15, 0.2) is 66.8 Å². The minimum atomic E-state index is 0.181. The average molecular weight is 252 g/mol. The molecule has 1 saturated carbocycles. The van der Waals surface area contributed by atoms with Gasteiger partial charge in [-0.1, -0.05) is 80.5 Å². The molecule has 0 aliphatic heterocycles. The van der Waals surface area contributed by atoms with E-state index >= 15 is 0 Å². The minimum absolute atomic E-state index is 0.181. The molecule has 0 spiro atoms. The van der Waals surface area contributed by atoms with Gasteiger partial charge in [0.15, 0.2) is 0 Å². The van der Waals surface area contributed by atoms with Crippen LogP contribution in [-0.2, 0) is 5.41 Å². The highest BCUT2D eigenvalue weighted by Gasteiger charge is 2.35. The minimum Gasteiger partial charge on any atom is -0.0988 e. The summed E-state index contributed by atoms with van der Waals surface area (Å²) in [5, 5.41) is 0. The van der Waals surface area contributed by atoms with Crippen LogP contribution in [0.5, 0.6) is 0 Å². The molecule has 0 atom stereocenters. The third-order valence-electron chi connectivity index (χ3n) is 4.27. The van der Waals surface area contributed by atoms with Crippen molar-refractivity contribution in [2.45, 2.75) is 44.4 Å². The average Bonchev–Trinajstić information content (AvgIpc) is 2.50. The van der Waals surface area contributed by atoms with Gasteiger partial charge in [-0.2, -0.15) is 0 Å². The summed E-state index contributed by atoms with van der Waals surface area (Å²) < 4.78 is 0. The van der Waals surface area contributed by atoms with E-state index in [1.165, 1.54) is 43.2 Å². The topological polar surface area (TPSA) is 0 Å². The molecule has 0 amide bonds. The van der Waals surface area contributed by atoms with Crippen molar-refractivity contribution in [2.75, 3.05) is 0 Å². The molecule has 100 valence electrons. The second-order valence-corrected chi connectivity index (χ2v) is 5.36. The molecule has 1 aromatic carbocycles. The van der Waals surface area contributed by atoms with E-state index in [0.29, 0.717) is 0 Å². The van der Waals surface area contributed by atoms with Crippen LogP contribution in [0, 0.1) is 0 Å². The van der Waals surface area contributed by atoms with Crippen molar-refractivity contribution in [2.24, 2.45) is 0 Å². The van der Waals surface area contributed by atoms with Crippen LogP contribution >= 0.6 is 0 Å². The van der Waals surface area contributed by atoms with E-state index in [2.05, 4.69) is 68.1 Å². The fourth-order valence-corrected chi connectivity index (χ4v) is 3.28. The molecule has 1 aliphatic rings. The molecule has 0 radical (unpaired) electrons. The highest BCUT2D eigenvalue weighted by atomic mass is 14.4. The van der Waals surface area contributed by atoms with Gasteiger partial charge in [0.2, 0.25) is 0 Å². The first-order valence-electron chi connectivity index (χ1n) is 7.35. The maximum atomic E-state index is 4.06. The summed E-state index contributed by atoms with van der Waals surface area (Å²) in [7, 11) is 0. The van der Waals surface area contributed by atoms with Crippen molar-refractivity contribution in [1.82, 2.24) is 0 Å². The Morgan fingerprint density at radius 3 is 2.37 bits per heavy atom. The molecule has 1 aliphatic carbocycles. The van der Waals surface area contributed by atoms with Gasteiger partial charge in [-0.25, -0.2) is 0 Å². The lowest BCUT2D eigenvalue weighted by atomic mass is 9.65. The molecule has 0 nitrogen and oxygen atoms in total. The van der Waals surface area contributed by atoms with Gasteiger partial charge in [0.05, 0.1) is 0 Å². The second kappa shape index (κ2) is 6.56. The van der Waals surface area contributed by atoms with Gasteiger partial charge in [-0.05, 0) is 30.9 Å². The molecular weight excluding hydrogens is 228 g/mol. The largest absolute Gasteiger partial charge is 0.0988 e. The first-order valence-corrected chi connectivity index (χ1v) is 7.35. The molecule has 0 unspecified atom stereocenters. The van der Waals surface area contributed by atoms with Crippen molar-refractivity contribution < 1.29 is 0 Å². The molecule has 2 rings (SSSR count). The lowest BCUT2D eigenvalue weighted by molar-refractivity contribution is 0.345. The summed E-state index contributed by atoms with van der Waals surface area (Å²) >= 11 is 0.